The Morgan fingerprint density at radius 3 is 2.89 bits per heavy atom. The van der Waals surface area contributed by atoms with E-state index in [1.807, 2.05) is 24.3 Å². The molecule has 0 aromatic heterocycles. The van der Waals surface area contributed by atoms with E-state index in [0.717, 1.165) is 11.1 Å². The molecular weight excluding hydrogens is 242 g/mol. The van der Waals surface area contributed by atoms with Gasteiger partial charge in [0.1, 0.15) is 5.70 Å². The number of nitrogens with zero attached hydrogens (tertiary/aromatic N) is 3. The fourth-order valence-electron chi connectivity index (χ4n) is 1.55. The summed E-state index contributed by atoms with van der Waals surface area (Å²) in [5, 5.41) is 3.38. The normalized spacial score (nSPS) is 10.5. The van der Waals surface area contributed by atoms with E-state index in [0.29, 0.717) is 6.42 Å². The summed E-state index contributed by atoms with van der Waals surface area (Å²) >= 11 is 0. The highest BCUT2D eigenvalue weighted by Gasteiger charge is 2.09. The number of hydrogen-bond acceptors (Lipinski definition) is 3. The molecule has 0 atom stereocenters. The predicted molar refractivity (Wildman–Crippen MR) is 74.1 cm³/mol. The Labute approximate surface area is 111 Å². The number of ether oxygens (including phenoxy) is 1. The van der Waals surface area contributed by atoms with Crippen LogP contribution in [0.3, 0.4) is 0 Å². The average Bonchev–Trinajstić information content (AvgIpc) is 2.41. The Kier molecular flexibility index (Phi) is 5.92. The van der Waals surface area contributed by atoms with Gasteiger partial charge >= 0.3 is 5.97 Å². The molecule has 0 bridgehead atoms. The van der Waals surface area contributed by atoms with Gasteiger partial charge in [-0.1, -0.05) is 35.5 Å². The first-order valence-corrected chi connectivity index (χ1v) is 5.85. The van der Waals surface area contributed by atoms with Crippen LogP contribution in [0, 0.1) is 0 Å². The van der Waals surface area contributed by atoms with Gasteiger partial charge in [-0.3, -0.25) is 0 Å². The number of allylic oxidation sites excluding steroid dienone is 1. The molecule has 0 unspecified atom stereocenters. The Hall–Kier alpha value is -2.52. The van der Waals surface area contributed by atoms with Crippen molar-refractivity contribution in [3.05, 3.63) is 64.2 Å². The van der Waals surface area contributed by atoms with E-state index >= 15 is 0 Å². The van der Waals surface area contributed by atoms with Crippen LogP contribution in [0.2, 0.25) is 0 Å². The minimum atomic E-state index is -0.631. The van der Waals surface area contributed by atoms with Crippen LogP contribution in [0.5, 0.6) is 0 Å². The van der Waals surface area contributed by atoms with Gasteiger partial charge in [0.2, 0.25) is 0 Å². The van der Waals surface area contributed by atoms with Gasteiger partial charge in [-0.25, -0.2) is 4.79 Å². The Morgan fingerprint density at radius 2 is 2.26 bits per heavy atom. The van der Waals surface area contributed by atoms with Crippen LogP contribution >= 0.6 is 0 Å². The van der Waals surface area contributed by atoms with Crippen molar-refractivity contribution in [2.45, 2.75) is 13.3 Å². The van der Waals surface area contributed by atoms with E-state index < -0.39 is 5.97 Å². The van der Waals surface area contributed by atoms with Crippen molar-refractivity contribution >= 4 is 12.0 Å². The van der Waals surface area contributed by atoms with Gasteiger partial charge in [-0.2, -0.15) is 0 Å². The molecule has 98 valence electrons. The number of hydrogen-bond donors (Lipinski definition) is 0. The molecule has 0 aliphatic rings. The van der Waals surface area contributed by atoms with Crippen LogP contribution < -0.4 is 0 Å². The predicted octanol–water partition coefficient (Wildman–Crippen LogP) is 3.63. The van der Waals surface area contributed by atoms with Crippen LogP contribution in [-0.4, -0.2) is 12.6 Å². The largest absolute Gasteiger partial charge is 0.462 e. The first-order chi connectivity index (χ1) is 9.22. The summed E-state index contributed by atoms with van der Waals surface area (Å²) < 4.78 is 4.84. The molecule has 0 radical (unpaired) electrons. The van der Waals surface area contributed by atoms with E-state index in [2.05, 4.69) is 16.6 Å². The zero-order chi connectivity index (χ0) is 14.1. The number of carbonyl (C=O) groups is 1. The molecule has 0 fully saturated rings. The third-order valence-electron chi connectivity index (χ3n) is 2.35. The zero-order valence-electron chi connectivity index (χ0n) is 10.7. The van der Waals surface area contributed by atoms with Gasteiger partial charge in [-0.15, -0.1) is 6.58 Å². The standard InChI is InChI=1S/C14H15N3O2/c1-3-7-11-8-5-6-9-12(11)10-13(16-17-15)14(18)19-4-2/h3,5-6,8-10H,1,4,7H2,2H3. The maximum atomic E-state index is 11.6. The number of rotatable bonds is 6. The smallest absolute Gasteiger partial charge is 0.340 e. The fraction of sp³-hybridized carbons (Fsp3) is 0.214. The SMILES string of the molecule is C=CCc1ccccc1C=C(N=[N+]=[N-])C(=O)OCC. The van der Waals surface area contributed by atoms with E-state index in [1.165, 1.54) is 6.08 Å². The van der Waals surface area contributed by atoms with Gasteiger partial charge in [0.25, 0.3) is 0 Å². The lowest BCUT2D eigenvalue weighted by Gasteiger charge is -2.05. The first-order valence-electron chi connectivity index (χ1n) is 5.85. The maximum Gasteiger partial charge on any atom is 0.340 e. The molecular formula is C14H15N3O2. The molecule has 0 amide bonds. The zero-order valence-corrected chi connectivity index (χ0v) is 10.7. The molecule has 1 aromatic rings. The van der Waals surface area contributed by atoms with Gasteiger partial charge < -0.3 is 4.74 Å². The highest BCUT2D eigenvalue weighted by atomic mass is 16.5. The highest BCUT2D eigenvalue weighted by molar-refractivity contribution is 5.93. The van der Waals surface area contributed by atoms with Gasteiger partial charge in [0, 0.05) is 4.91 Å². The molecule has 0 N–H and O–H groups in total. The van der Waals surface area contributed by atoms with Crippen LogP contribution in [0.15, 0.2) is 47.7 Å². The molecule has 1 aromatic carbocycles. The minimum absolute atomic E-state index is 0.0548. The van der Waals surface area contributed by atoms with Crippen molar-refractivity contribution in [1.29, 1.82) is 0 Å². The number of benzene rings is 1. The van der Waals surface area contributed by atoms with Crippen molar-refractivity contribution in [2.75, 3.05) is 6.61 Å². The Bertz CT molecular complexity index is 543. The summed E-state index contributed by atoms with van der Waals surface area (Å²) in [4.78, 5) is 14.3. The second kappa shape index (κ2) is 7.74. The summed E-state index contributed by atoms with van der Waals surface area (Å²) in [6.45, 7) is 5.60. The molecule has 0 heterocycles. The first kappa shape index (κ1) is 14.5. The molecule has 5 nitrogen and oxygen atoms in total. The third-order valence-corrected chi connectivity index (χ3v) is 2.35. The third kappa shape index (κ3) is 4.33. The quantitative estimate of drug-likeness (QED) is 0.195. The second-order valence-corrected chi connectivity index (χ2v) is 3.63. The number of carbonyl (C=O) groups excluding carboxylic acids is 1. The maximum absolute atomic E-state index is 11.6. The minimum Gasteiger partial charge on any atom is -0.462 e. The topological polar surface area (TPSA) is 75.1 Å². The molecule has 0 saturated heterocycles. The van der Waals surface area contributed by atoms with Crippen molar-refractivity contribution in [2.24, 2.45) is 5.11 Å². The van der Waals surface area contributed by atoms with Crippen molar-refractivity contribution in [1.82, 2.24) is 0 Å². The average molecular weight is 257 g/mol. The summed E-state index contributed by atoms with van der Waals surface area (Å²) in [6.07, 6.45) is 3.96. The number of esters is 1. The Balaban J connectivity index is 3.18. The van der Waals surface area contributed by atoms with Gasteiger partial charge in [0.05, 0.1) is 6.61 Å². The van der Waals surface area contributed by atoms with Crippen molar-refractivity contribution in [3.8, 4) is 0 Å². The molecule has 0 aliphatic heterocycles. The lowest BCUT2D eigenvalue weighted by atomic mass is 10.0. The van der Waals surface area contributed by atoms with Crippen molar-refractivity contribution < 1.29 is 9.53 Å². The van der Waals surface area contributed by atoms with E-state index in [9.17, 15) is 4.79 Å². The van der Waals surface area contributed by atoms with E-state index in [1.54, 1.807) is 13.0 Å². The molecule has 0 aliphatic carbocycles. The molecule has 5 heteroatoms. The molecule has 19 heavy (non-hydrogen) atoms. The number of azide groups is 1. The summed E-state index contributed by atoms with van der Waals surface area (Å²) in [6, 6.07) is 7.50. The van der Waals surface area contributed by atoms with Crippen LogP contribution in [-0.2, 0) is 16.0 Å². The summed E-state index contributed by atoms with van der Waals surface area (Å²) in [7, 11) is 0. The summed E-state index contributed by atoms with van der Waals surface area (Å²) in [5.41, 5.74) is 10.2. The monoisotopic (exact) mass is 257 g/mol. The molecule has 0 spiro atoms. The van der Waals surface area contributed by atoms with E-state index in [-0.39, 0.29) is 12.3 Å². The van der Waals surface area contributed by atoms with Crippen molar-refractivity contribution in [3.63, 3.8) is 0 Å². The molecule has 1 rings (SSSR count). The second-order valence-electron chi connectivity index (χ2n) is 3.63. The highest BCUT2D eigenvalue weighted by Crippen LogP contribution is 2.16. The van der Waals surface area contributed by atoms with Gasteiger partial charge in [0.15, 0.2) is 0 Å². The molecule has 0 saturated carbocycles. The lowest BCUT2D eigenvalue weighted by Crippen LogP contribution is -2.05. The van der Waals surface area contributed by atoms with Crippen LogP contribution in [0.25, 0.3) is 16.5 Å². The van der Waals surface area contributed by atoms with Gasteiger partial charge in [-0.05, 0) is 36.1 Å². The van der Waals surface area contributed by atoms with Crippen LogP contribution in [0.4, 0.5) is 0 Å². The fourth-order valence-corrected chi connectivity index (χ4v) is 1.55. The lowest BCUT2D eigenvalue weighted by molar-refractivity contribution is -0.138. The Morgan fingerprint density at radius 1 is 1.53 bits per heavy atom. The van der Waals surface area contributed by atoms with E-state index in [4.69, 9.17) is 10.3 Å². The van der Waals surface area contributed by atoms with Crippen LogP contribution in [0.1, 0.15) is 18.1 Å². The summed E-state index contributed by atoms with van der Waals surface area (Å²) in [5.74, 6) is -0.631.